The van der Waals surface area contributed by atoms with E-state index in [-0.39, 0.29) is 5.28 Å². The fraction of sp³-hybridized carbons (Fsp3) is 0.727. The fourth-order valence-corrected chi connectivity index (χ4v) is 3.20. The molecule has 1 fully saturated rings. The molecule has 0 saturated carbocycles. The molecule has 2 heterocycles. The monoisotopic (exact) mass is 287 g/mol. The molecule has 1 aromatic rings. The van der Waals surface area contributed by atoms with Gasteiger partial charge in [0.1, 0.15) is 0 Å². The van der Waals surface area contributed by atoms with Crippen molar-refractivity contribution in [2.24, 2.45) is 0 Å². The van der Waals surface area contributed by atoms with Crippen LogP contribution in [-0.2, 0) is 0 Å². The molecule has 0 spiro atoms. The molecule has 7 heteroatoms. The molecule has 0 aliphatic carbocycles. The van der Waals surface area contributed by atoms with E-state index in [1.807, 2.05) is 18.7 Å². The van der Waals surface area contributed by atoms with Gasteiger partial charge in [-0.05, 0) is 24.9 Å². The number of halogens is 1. The lowest BCUT2D eigenvalue weighted by Gasteiger charge is -2.31. The summed E-state index contributed by atoms with van der Waals surface area (Å²) in [5.74, 6) is 2.35. The molecule has 0 radical (unpaired) electrons. The lowest BCUT2D eigenvalue weighted by molar-refractivity contribution is 0.707. The summed E-state index contributed by atoms with van der Waals surface area (Å²) in [5, 5.41) is 3.98. The van der Waals surface area contributed by atoms with Crippen molar-refractivity contribution in [3.8, 4) is 0 Å². The maximum Gasteiger partial charge on any atom is 0.231 e. The summed E-state index contributed by atoms with van der Waals surface area (Å²) < 4.78 is 0. The van der Waals surface area contributed by atoms with Crippen LogP contribution in [0.3, 0.4) is 0 Å². The van der Waals surface area contributed by atoms with Gasteiger partial charge < -0.3 is 10.2 Å². The van der Waals surface area contributed by atoms with E-state index in [1.165, 1.54) is 6.42 Å². The van der Waals surface area contributed by atoms with Crippen molar-refractivity contribution in [3.63, 3.8) is 0 Å². The van der Waals surface area contributed by atoms with E-state index in [9.17, 15) is 0 Å². The second kappa shape index (κ2) is 6.43. The molecule has 1 aliphatic rings. The topological polar surface area (TPSA) is 53.9 Å². The van der Waals surface area contributed by atoms with Gasteiger partial charge in [-0.25, -0.2) is 0 Å². The average Bonchev–Trinajstić information content (AvgIpc) is 2.38. The Morgan fingerprint density at radius 2 is 2.22 bits per heavy atom. The van der Waals surface area contributed by atoms with E-state index in [2.05, 4.69) is 32.1 Å². The van der Waals surface area contributed by atoms with Crippen molar-refractivity contribution in [2.45, 2.75) is 25.5 Å². The molecule has 1 saturated heterocycles. The van der Waals surface area contributed by atoms with Crippen molar-refractivity contribution in [1.82, 2.24) is 15.0 Å². The second-order valence-corrected chi connectivity index (χ2v) is 5.85. The van der Waals surface area contributed by atoms with Gasteiger partial charge in [-0.3, -0.25) is 0 Å². The first kappa shape index (κ1) is 13.7. The van der Waals surface area contributed by atoms with Crippen LogP contribution in [0.1, 0.15) is 20.3 Å². The molecular formula is C11H18ClN5S. The number of hydrogen-bond donors (Lipinski definition) is 1. The summed E-state index contributed by atoms with van der Waals surface area (Å²) in [7, 11) is 0. The summed E-state index contributed by atoms with van der Waals surface area (Å²) in [4.78, 5) is 14.9. The first-order valence-electron chi connectivity index (χ1n) is 6.25. The average molecular weight is 288 g/mol. The Kier molecular flexibility index (Phi) is 4.88. The first-order chi connectivity index (χ1) is 8.72. The largest absolute Gasteiger partial charge is 0.354 e. The van der Waals surface area contributed by atoms with Gasteiger partial charge in [0, 0.05) is 30.6 Å². The third kappa shape index (κ3) is 3.38. The van der Waals surface area contributed by atoms with Crippen LogP contribution in [0, 0.1) is 0 Å². The molecule has 1 atom stereocenters. The lowest BCUT2D eigenvalue weighted by Crippen LogP contribution is -2.38. The number of rotatable bonds is 4. The van der Waals surface area contributed by atoms with Crippen molar-refractivity contribution >= 4 is 35.3 Å². The van der Waals surface area contributed by atoms with Crippen molar-refractivity contribution in [3.05, 3.63) is 5.28 Å². The standard InChI is InChI=1S/C11H18ClN5S/c1-3-8-7-17(5-6-18-8)11-15-9(12)14-10(16-11)13-4-2/h8H,3-7H2,1-2H3,(H,13,14,15,16). The molecule has 18 heavy (non-hydrogen) atoms. The van der Waals surface area contributed by atoms with Gasteiger partial charge >= 0.3 is 0 Å². The third-order valence-corrected chi connectivity index (χ3v) is 4.35. The molecule has 5 nitrogen and oxygen atoms in total. The Bertz CT molecular complexity index is 403. The van der Waals surface area contributed by atoms with E-state index in [0.717, 1.165) is 25.4 Å². The Labute approximate surface area is 117 Å². The number of thioether (sulfide) groups is 1. The molecule has 0 aromatic carbocycles. The Balaban J connectivity index is 2.16. The highest BCUT2D eigenvalue weighted by molar-refractivity contribution is 8.00. The third-order valence-electron chi connectivity index (χ3n) is 2.81. The number of aromatic nitrogens is 3. The van der Waals surface area contributed by atoms with Crippen LogP contribution >= 0.6 is 23.4 Å². The van der Waals surface area contributed by atoms with Crippen molar-refractivity contribution in [2.75, 3.05) is 35.6 Å². The molecular weight excluding hydrogens is 270 g/mol. The minimum atomic E-state index is 0.252. The second-order valence-electron chi connectivity index (χ2n) is 4.11. The van der Waals surface area contributed by atoms with E-state index in [1.54, 1.807) is 0 Å². The predicted molar refractivity (Wildman–Crippen MR) is 77.8 cm³/mol. The molecule has 0 bridgehead atoms. The van der Waals surface area contributed by atoms with Crippen LogP contribution in [0.4, 0.5) is 11.9 Å². The quantitative estimate of drug-likeness (QED) is 0.917. The number of nitrogens with zero attached hydrogens (tertiary/aromatic N) is 4. The zero-order chi connectivity index (χ0) is 13.0. The van der Waals surface area contributed by atoms with Crippen LogP contribution < -0.4 is 10.2 Å². The number of hydrogen-bond acceptors (Lipinski definition) is 6. The van der Waals surface area contributed by atoms with Gasteiger partial charge in [0.2, 0.25) is 17.2 Å². The summed E-state index contributed by atoms with van der Waals surface area (Å²) in [5.41, 5.74) is 0. The molecule has 100 valence electrons. The normalized spacial score (nSPS) is 19.9. The molecule has 0 amide bonds. The number of nitrogens with one attached hydrogen (secondary N) is 1. The zero-order valence-corrected chi connectivity index (χ0v) is 12.3. The smallest absolute Gasteiger partial charge is 0.231 e. The van der Waals surface area contributed by atoms with Crippen LogP contribution in [0.2, 0.25) is 5.28 Å². The molecule has 2 rings (SSSR count). The van der Waals surface area contributed by atoms with E-state index >= 15 is 0 Å². The van der Waals surface area contributed by atoms with Gasteiger partial charge in [0.15, 0.2) is 0 Å². The summed E-state index contributed by atoms with van der Waals surface area (Å²) in [6.45, 7) is 6.93. The zero-order valence-electron chi connectivity index (χ0n) is 10.7. The van der Waals surface area contributed by atoms with Crippen molar-refractivity contribution in [1.29, 1.82) is 0 Å². The molecule has 1 unspecified atom stereocenters. The fourth-order valence-electron chi connectivity index (χ4n) is 1.87. The summed E-state index contributed by atoms with van der Waals surface area (Å²) in [6, 6.07) is 0. The van der Waals surface area contributed by atoms with Gasteiger partial charge in [-0.2, -0.15) is 26.7 Å². The van der Waals surface area contributed by atoms with Gasteiger partial charge in [-0.1, -0.05) is 6.92 Å². The number of anilines is 2. The Morgan fingerprint density at radius 1 is 1.39 bits per heavy atom. The predicted octanol–water partition coefficient (Wildman–Crippen LogP) is 2.29. The van der Waals surface area contributed by atoms with E-state index < -0.39 is 0 Å². The highest BCUT2D eigenvalue weighted by atomic mass is 35.5. The minimum absolute atomic E-state index is 0.252. The van der Waals surface area contributed by atoms with Crippen LogP contribution in [0.5, 0.6) is 0 Å². The van der Waals surface area contributed by atoms with Gasteiger partial charge in [0.25, 0.3) is 0 Å². The first-order valence-corrected chi connectivity index (χ1v) is 7.67. The SMILES string of the molecule is CCNc1nc(Cl)nc(N2CCSC(CC)C2)n1. The summed E-state index contributed by atoms with van der Waals surface area (Å²) >= 11 is 7.96. The van der Waals surface area contributed by atoms with Crippen LogP contribution in [0.25, 0.3) is 0 Å². The van der Waals surface area contributed by atoms with Gasteiger partial charge in [0.05, 0.1) is 0 Å². The Hall–Kier alpha value is -0.750. The highest BCUT2D eigenvalue weighted by Crippen LogP contribution is 2.24. The molecule has 1 aliphatic heterocycles. The molecule has 1 N–H and O–H groups in total. The van der Waals surface area contributed by atoms with Crippen LogP contribution in [-0.4, -0.2) is 45.6 Å². The minimum Gasteiger partial charge on any atom is -0.354 e. The van der Waals surface area contributed by atoms with E-state index in [4.69, 9.17) is 11.6 Å². The highest BCUT2D eigenvalue weighted by Gasteiger charge is 2.21. The molecule has 1 aromatic heterocycles. The van der Waals surface area contributed by atoms with Crippen molar-refractivity contribution < 1.29 is 0 Å². The van der Waals surface area contributed by atoms with E-state index in [0.29, 0.717) is 17.1 Å². The maximum atomic E-state index is 5.94. The van der Waals surface area contributed by atoms with Gasteiger partial charge in [-0.15, -0.1) is 0 Å². The lowest BCUT2D eigenvalue weighted by atomic mass is 10.3. The summed E-state index contributed by atoms with van der Waals surface area (Å²) in [6.07, 6.45) is 1.17. The van der Waals surface area contributed by atoms with Crippen LogP contribution in [0.15, 0.2) is 0 Å². The Morgan fingerprint density at radius 3 is 2.94 bits per heavy atom. The maximum absolute atomic E-state index is 5.94.